The average molecular weight is 410 g/mol. The third-order valence-corrected chi connectivity index (χ3v) is 5.51. The zero-order chi connectivity index (χ0) is 19.9. The van der Waals surface area contributed by atoms with Crippen LogP contribution in [-0.2, 0) is 16.4 Å². The number of hydrogen-bond acceptors (Lipinski definition) is 7. The lowest BCUT2D eigenvalue weighted by Gasteiger charge is -2.11. The van der Waals surface area contributed by atoms with Crippen LogP contribution in [0, 0.1) is 6.92 Å². The van der Waals surface area contributed by atoms with Gasteiger partial charge in [-0.2, -0.15) is 5.10 Å². The Balaban J connectivity index is 2.24. The van der Waals surface area contributed by atoms with Crippen LogP contribution in [0.4, 0.5) is 0 Å². The van der Waals surface area contributed by atoms with Gasteiger partial charge in [0.1, 0.15) is 5.56 Å². The second kappa shape index (κ2) is 6.82. The molecule has 0 aliphatic rings. The fraction of sp³-hybridized carbons (Fsp3) is 0.235. The van der Waals surface area contributed by atoms with Crippen LogP contribution in [0.3, 0.4) is 0 Å². The lowest BCUT2D eigenvalue weighted by molar-refractivity contribution is 0.103. The normalized spacial score (nSPS) is 11.7. The van der Waals surface area contributed by atoms with Crippen LogP contribution in [0.2, 0.25) is 5.02 Å². The molecule has 0 aliphatic carbocycles. The molecule has 0 aliphatic heterocycles. The highest BCUT2D eigenvalue weighted by Gasteiger charge is 2.27. The van der Waals surface area contributed by atoms with Gasteiger partial charge in [0, 0.05) is 24.4 Å². The van der Waals surface area contributed by atoms with E-state index < -0.39 is 15.6 Å². The van der Waals surface area contributed by atoms with Crippen LogP contribution >= 0.6 is 11.6 Å². The first-order valence-electron chi connectivity index (χ1n) is 7.90. The van der Waals surface area contributed by atoms with E-state index in [2.05, 4.69) is 10.3 Å². The van der Waals surface area contributed by atoms with E-state index in [9.17, 15) is 18.3 Å². The van der Waals surface area contributed by atoms with Gasteiger partial charge in [-0.3, -0.25) is 4.79 Å². The molecule has 0 spiro atoms. The second-order valence-electron chi connectivity index (χ2n) is 5.93. The number of carbonyl (C=O) groups excluding carboxylic acids is 1. The van der Waals surface area contributed by atoms with Crippen LogP contribution in [0.1, 0.15) is 28.5 Å². The Morgan fingerprint density at radius 2 is 2.04 bits per heavy atom. The van der Waals surface area contributed by atoms with Gasteiger partial charge in [0.05, 0.1) is 27.4 Å². The average Bonchev–Trinajstić information content (AvgIpc) is 3.18. The molecule has 8 nitrogen and oxygen atoms in total. The fourth-order valence-corrected chi connectivity index (χ4v) is 3.96. The summed E-state index contributed by atoms with van der Waals surface area (Å²) < 4.78 is 30.8. The topological polar surface area (TPSA) is 115 Å². The van der Waals surface area contributed by atoms with Crippen molar-refractivity contribution < 1.29 is 22.8 Å². The highest BCUT2D eigenvalue weighted by Crippen LogP contribution is 2.38. The zero-order valence-electron chi connectivity index (χ0n) is 14.7. The number of nitrogens with zero attached hydrogens (tertiary/aromatic N) is 3. The maximum Gasteiger partial charge on any atom is 0.220 e. The fourth-order valence-electron chi connectivity index (χ4n) is 2.67. The van der Waals surface area contributed by atoms with Gasteiger partial charge in [-0.05, 0) is 26.0 Å². The van der Waals surface area contributed by atoms with E-state index in [4.69, 9.17) is 16.1 Å². The number of carbonyl (C=O) groups is 1. The molecule has 0 unspecified atom stereocenters. The van der Waals surface area contributed by atoms with Crippen molar-refractivity contribution in [1.82, 2.24) is 14.9 Å². The van der Waals surface area contributed by atoms with Gasteiger partial charge in [0.15, 0.2) is 15.6 Å². The Morgan fingerprint density at radius 3 is 2.56 bits per heavy atom. The van der Waals surface area contributed by atoms with Crippen molar-refractivity contribution in [3.05, 3.63) is 46.2 Å². The van der Waals surface area contributed by atoms with Gasteiger partial charge >= 0.3 is 0 Å². The predicted molar refractivity (Wildman–Crippen MR) is 97.8 cm³/mol. The minimum atomic E-state index is -3.66. The molecule has 1 aromatic carbocycles. The minimum absolute atomic E-state index is 0.0130. The van der Waals surface area contributed by atoms with Gasteiger partial charge in [0.2, 0.25) is 11.7 Å². The van der Waals surface area contributed by atoms with E-state index in [1.165, 1.54) is 29.1 Å². The van der Waals surface area contributed by atoms with Gasteiger partial charge in [-0.1, -0.05) is 16.8 Å². The smallest absolute Gasteiger partial charge is 0.220 e. The number of rotatable bonds is 5. The van der Waals surface area contributed by atoms with E-state index in [-0.39, 0.29) is 38.2 Å². The number of halogens is 1. The van der Waals surface area contributed by atoms with Crippen LogP contribution in [0.25, 0.3) is 11.3 Å². The first-order valence-corrected chi connectivity index (χ1v) is 10.2. The van der Waals surface area contributed by atoms with Crippen molar-refractivity contribution in [2.75, 3.05) is 6.26 Å². The standard InChI is InChI=1S/C17H16ClN3O5S/c1-4-21-17(23)11(8-19-21)16(22)10-5-6-13(27(3,24)25)14(15(10)18)12-7-9(2)20-26-12/h5-8,23H,4H2,1-3H3. The van der Waals surface area contributed by atoms with Crippen LogP contribution in [-0.4, -0.2) is 40.5 Å². The number of sulfone groups is 1. The molecule has 0 saturated heterocycles. The summed E-state index contributed by atoms with van der Waals surface area (Å²) in [7, 11) is -3.66. The summed E-state index contributed by atoms with van der Waals surface area (Å²) in [4.78, 5) is 12.8. The van der Waals surface area contributed by atoms with E-state index in [0.717, 1.165) is 6.26 Å². The summed E-state index contributed by atoms with van der Waals surface area (Å²) in [5.74, 6) is -0.751. The molecule has 3 aromatic rings. The molecule has 0 amide bonds. The van der Waals surface area contributed by atoms with Crippen molar-refractivity contribution in [3.63, 3.8) is 0 Å². The zero-order valence-corrected chi connectivity index (χ0v) is 16.3. The molecule has 0 atom stereocenters. The molecule has 2 aromatic heterocycles. The van der Waals surface area contributed by atoms with Gasteiger partial charge in [-0.15, -0.1) is 0 Å². The van der Waals surface area contributed by atoms with Crippen molar-refractivity contribution in [1.29, 1.82) is 0 Å². The van der Waals surface area contributed by atoms with Crippen molar-refractivity contribution >= 4 is 27.2 Å². The highest BCUT2D eigenvalue weighted by molar-refractivity contribution is 7.90. The molecule has 10 heteroatoms. The van der Waals surface area contributed by atoms with E-state index in [1.54, 1.807) is 13.8 Å². The minimum Gasteiger partial charge on any atom is -0.493 e. The summed E-state index contributed by atoms with van der Waals surface area (Å²) in [6, 6.07) is 4.11. The molecule has 0 bridgehead atoms. The molecule has 142 valence electrons. The molecule has 0 fully saturated rings. The highest BCUT2D eigenvalue weighted by atomic mass is 35.5. The number of ketones is 1. The van der Waals surface area contributed by atoms with Gasteiger partial charge in [-0.25, -0.2) is 13.1 Å². The molecule has 0 saturated carbocycles. The number of aromatic nitrogens is 3. The first kappa shape index (κ1) is 19.1. The Morgan fingerprint density at radius 1 is 1.33 bits per heavy atom. The number of hydrogen-bond donors (Lipinski definition) is 1. The maximum absolute atomic E-state index is 12.9. The monoisotopic (exact) mass is 409 g/mol. The Bertz CT molecular complexity index is 1150. The van der Waals surface area contributed by atoms with Crippen LogP contribution < -0.4 is 0 Å². The lowest BCUT2D eigenvalue weighted by atomic mass is 10.0. The summed E-state index contributed by atoms with van der Waals surface area (Å²) in [5.41, 5.74) is 0.553. The Hall–Kier alpha value is -2.65. The SMILES string of the molecule is CCn1ncc(C(=O)c2ccc(S(C)(=O)=O)c(-c3cc(C)no3)c2Cl)c1O. The van der Waals surface area contributed by atoms with Gasteiger partial charge < -0.3 is 9.63 Å². The number of aromatic hydroxyl groups is 1. The summed E-state index contributed by atoms with van der Waals surface area (Å²) in [6.45, 7) is 3.81. The van der Waals surface area contributed by atoms with Crippen LogP contribution in [0.5, 0.6) is 5.88 Å². The molecule has 1 N–H and O–H groups in total. The lowest BCUT2D eigenvalue weighted by Crippen LogP contribution is -2.07. The van der Waals surface area contributed by atoms with Crippen LogP contribution in [0.15, 0.2) is 33.8 Å². The number of aryl methyl sites for hydroxylation is 2. The van der Waals surface area contributed by atoms with Crippen molar-refractivity contribution in [3.8, 4) is 17.2 Å². The Kier molecular flexibility index (Phi) is 4.83. The molecule has 27 heavy (non-hydrogen) atoms. The largest absolute Gasteiger partial charge is 0.493 e. The van der Waals surface area contributed by atoms with E-state index in [1.807, 2.05) is 0 Å². The molecular formula is C17H16ClN3O5S. The predicted octanol–water partition coefficient (Wildman–Crippen LogP) is 2.86. The first-order chi connectivity index (χ1) is 12.6. The van der Waals surface area contributed by atoms with E-state index in [0.29, 0.717) is 12.2 Å². The third kappa shape index (κ3) is 3.35. The molecule has 0 radical (unpaired) electrons. The third-order valence-electron chi connectivity index (χ3n) is 3.98. The van der Waals surface area contributed by atoms with Gasteiger partial charge in [0.25, 0.3) is 0 Å². The van der Waals surface area contributed by atoms with Crippen molar-refractivity contribution in [2.45, 2.75) is 25.3 Å². The molecule has 2 heterocycles. The Labute approximate surface area is 160 Å². The quantitative estimate of drug-likeness (QED) is 0.644. The number of benzene rings is 1. The molecule has 3 rings (SSSR count). The summed E-state index contributed by atoms with van der Waals surface area (Å²) in [5, 5.41) is 17.7. The van der Waals surface area contributed by atoms with Crippen molar-refractivity contribution in [2.24, 2.45) is 0 Å². The second-order valence-corrected chi connectivity index (χ2v) is 8.29. The summed E-state index contributed by atoms with van der Waals surface area (Å²) in [6.07, 6.45) is 2.27. The summed E-state index contributed by atoms with van der Waals surface area (Å²) >= 11 is 6.42. The molecular weight excluding hydrogens is 394 g/mol. The van der Waals surface area contributed by atoms with E-state index >= 15 is 0 Å². The maximum atomic E-state index is 12.9.